The van der Waals surface area contributed by atoms with E-state index in [4.69, 9.17) is 25.2 Å². The minimum atomic E-state index is -0.535. The van der Waals surface area contributed by atoms with Gasteiger partial charge in [0.05, 0.1) is 6.26 Å². The fraction of sp³-hybridized carbons (Fsp3) is 0.0625. The summed E-state index contributed by atoms with van der Waals surface area (Å²) in [7, 11) is 0. The van der Waals surface area contributed by atoms with Gasteiger partial charge in [-0.2, -0.15) is 0 Å². The van der Waals surface area contributed by atoms with Gasteiger partial charge in [-0.05, 0) is 42.5 Å². The molecule has 1 aromatic carbocycles. The molecule has 0 aliphatic carbocycles. The molecule has 7 heteroatoms. The third-order valence-corrected chi connectivity index (χ3v) is 3.07. The molecule has 0 N–H and O–H groups in total. The maximum atomic E-state index is 11.6. The summed E-state index contributed by atoms with van der Waals surface area (Å²) in [4.78, 5) is 11.6. The van der Waals surface area contributed by atoms with Crippen molar-refractivity contribution in [2.75, 3.05) is 0 Å². The third kappa shape index (κ3) is 4.08. The van der Waals surface area contributed by atoms with Gasteiger partial charge >= 0.3 is 5.97 Å². The molecular weight excluding hydrogens is 320 g/mol. The zero-order valence-corrected chi connectivity index (χ0v) is 12.6. The maximum Gasteiger partial charge on any atom is 0.331 e. The highest BCUT2D eigenvalue weighted by Gasteiger charge is 2.10. The van der Waals surface area contributed by atoms with E-state index in [-0.39, 0.29) is 12.5 Å². The quantitative estimate of drug-likeness (QED) is 0.524. The molecule has 0 aliphatic rings. The van der Waals surface area contributed by atoms with Crippen LogP contribution < -0.4 is 0 Å². The SMILES string of the molecule is O=C(/C=C/c1ccco1)OCc1nnc(-c2ccc(Cl)cc2)o1. The molecule has 2 aromatic heterocycles. The van der Waals surface area contributed by atoms with Crippen LogP contribution in [0, 0.1) is 0 Å². The highest BCUT2D eigenvalue weighted by Crippen LogP contribution is 2.20. The number of hydrogen-bond acceptors (Lipinski definition) is 6. The summed E-state index contributed by atoms with van der Waals surface area (Å²) in [5, 5.41) is 8.34. The lowest BCUT2D eigenvalue weighted by Crippen LogP contribution is -2.00. The number of rotatable bonds is 5. The first-order chi connectivity index (χ1) is 11.2. The minimum absolute atomic E-state index is 0.109. The fourth-order valence-corrected chi connectivity index (χ4v) is 1.86. The van der Waals surface area contributed by atoms with Crippen LogP contribution in [-0.4, -0.2) is 16.2 Å². The Labute approximate surface area is 136 Å². The smallest absolute Gasteiger partial charge is 0.331 e. The summed E-state index contributed by atoms with van der Waals surface area (Å²) in [6.45, 7) is -0.109. The second-order valence-corrected chi connectivity index (χ2v) is 4.90. The second kappa shape index (κ2) is 6.93. The van der Waals surface area contributed by atoms with Crippen molar-refractivity contribution in [3.8, 4) is 11.5 Å². The number of aromatic nitrogens is 2. The Bertz CT molecular complexity index is 807. The molecule has 3 aromatic rings. The van der Waals surface area contributed by atoms with E-state index in [2.05, 4.69) is 10.2 Å². The Morgan fingerprint density at radius 2 is 2.04 bits per heavy atom. The van der Waals surface area contributed by atoms with Crippen LogP contribution in [0.1, 0.15) is 11.7 Å². The molecular formula is C16H11ClN2O4. The van der Waals surface area contributed by atoms with Crippen LogP contribution in [0.15, 0.2) is 57.6 Å². The number of furan rings is 1. The Hall–Kier alpha value is -2.86. The number of carbonyl (C=O) groups is 1. The first kappa shape index (κ1) is 15.1. The highest BCUT2D eigenvalue weighted by atomic mass is 35.5. The lowest BCUT2D eigenvalue weighted by Gasteiger charge is -1.97. The lowest BCUT2D eigenvalue weighted by molar-refractivity contribution is -0.139. The van der Waals surface area contributed by atoms with Crippen molar-refractivity contribution in [2.45, 2.75) is 6.61 Å². The van der Waals surface area contributed by atoms with Gasteiger partial charge in [-0.3, -0.25) is 0 Å². The van der Waals surface area contributed by atoms with Gasteiger partial charge in [0.25, 0.3) is 5.89 Å². The van der Waals surface area contributed by atoms with Gasteiger partial charge in [0, 0.05) is 16.7 Å². The summed E-state index contributed by atoms with van der Waals surface area (Å²) in [6, 6.07) is 10.4. The second-order valence-electron chi connectivity index (χ2n) is 4.46. The summed E-state index contributed by atoms with van der Waals surface area (Å²) in [5.41, 5.74) is 0.734. The Balaban J connectivity index is 1.57. The van der Waals surface area contributed by atoms with E-state index in [1.165, 1.54) is 18.4 Å². The molecule has 0 aliphatic heterocycles. The molecule has 0 radical (unpaired) electrons. The number of nitrogens with zero attached hydrogens (tertiary/aromatic N) is 2. The fourth-order valence-electron chi connectivity index (χ4n) is 1.74. The average Bonchev–Trinajstić information content (AvgIpc) is 3.23. The maximum absolute atomic E-state index is 11.6. The van der Waals surface area contributed by atoms with Crippen LogP contribution >= 0.6 is 11.6 Å². The summed E-state index contributed by atoms with van der Waals surface area (Å²) < 4.78 is 15.5. The normalized spacial score (nSPS) is 11.0. The van der Waals surface area contributed by atoms with Gasteiger partial charge in [-0.1, -0.05) is 11.6 Å². The molecule has 2 heterocycles. The van der Waals surface area contributed by atoms with Crippen molar-refractivity contribution in [3.05, 3.63) is 65.4 Å². The molecule has 0 saturated carbocycles. The number of halogens is 1. The van der Waals surface area contributed by atoms with Gasteiger partial charge < -0.3 is 13.6 Å². The standard InChI is InChI=1S/C16H11ClN2O4/c17-12-5-3-11(4-6-12)16-19-18-14(23-16)10-22-15(20)8-7-13-2-1-9-21-13/h1-9H,10H2/b8-7+. The van der Waals surface area contributed by atoms with E-state index in [0.717, 1.165) is 5.56 Å². The molecule has 0 bridgehead atoms. The van der Waals surface area contributed by atoms with E-state index in [1.807, 2.05) is 0 Å². The summed E-state index contributed by atoms with van der Waals surface area (Å²) in [5.74, 6) is 0.561. The van der Waals surface area contributed by atoms with Crippen LogP contribution in [0.2, 0.25) is 5.02 Å². The van der Waals surface area contributed by atoms with Crippen LogP contribution in [0.25, 0.3) is 17.5 Å². The molecule has 0 atom stereocenters. The monoisotopic (exact) mass is 330 g/mol. The zero-order valence-electron chi connectivity index (χ0n) is 11.8. The van der Waals surface area contributed by atoms with Crippen LogP contribution in [0.3, 0.4) is 0 Å². The third-order valence-electron chi connectivity index (χ3n) is 2.82. The topological polar surface area (TPSA) is 78.4 Å². The van der Waals surface area contributed by atoms with Crippen LogP contribution in [0.4, 0.5) is 0 Å². The predicted octanol–water partition coefficient (Wildman–Crippen LogP) is 3.74. The Kier molecular flexibility index (Phi) is 4.54. The number of carbonyl (C=O) groups excluding carboxylic acids is 1. The summed E-state index contributed by atoms with van der Waals surface area (Å²) in [6.07, 6.45) is 4.28. The Morgan fingerprint density at radius 3 is 2.78 bits per heavy atom. The van der Waals surface area contributed by atoms with Crippen molar-refractivity contribution < 1.29 is 18.4 Å². The van der Waals surface area contributed by atoms with Crippen molar-refractivity contribution in [1.82, 2.24) is 10.2 Å². The number of hydrogen-bond donors (Lipinski definition) is 0. The van der Waals surface area contributed by atoms with Gasteiger partial charge in [-0.15, -0.1) is 10.2 Å². The number of esters is 1. The lowest BCUT2D eigenvalue weighted by atomic mass is 10.2. The van der Waals surface area contributed by atoms with E-state index in [1.54, 1.807) is 36.4 Å². The van der Waals surface area contributed by atoms with Gasteiger partial charge in [-0.25, -0.2) is 4.79 Å². The largest absolute Gasteiger partial charge is 0.465 e. The highest BCUT2D eigenvalue weighted by molar-refractivity contribution is 6.30. The van der Waals surface area contributed by atoms with Crippen molar-refractivity contribution in [1.29, 1.82) is 0 Å². The molecule has 0 amide bonds. The van der Waals surface area contributed by atoms with E-state index >= 15 is 0 Å². The molecule has 23 heavy (non-hydrogen) atoms. The molecule has 3 rings (SSSR count). The molecule has 0 fully saturated rings. The first-order valence-electron chi connectivity index (χ1n) is 6.67. The zero-order chi connectivity index (χ0) is 16.1. The van der Waals surface area contributed by atoms with Crippen molar-refractivity contribution >= 4 is 23.6 Å². The molecule has 6 nitrogen and oxygen atoms in total. The molecule has 0 unspecified atom stereocenters. The average molecular weight is 331 g/mol. The van der Waals surface area contributed by atoms with Crippen molar-refractivity contribution in [3.63, 3.8) is 0 Å². The number of ether oxygens (including phenoxy) is 1. The summed E-state index contributed by atoms with van der Waals surface area (Å²) >= 11 is 5.82. The van der Waals surface area contributed by atoms with Gasteiger partial charge in [0.2, 0.25) is 5.89 Å². The number of benzene rings is 1. The Morgan fingerprint density at radius 1 is 1.22 bits per heavy atom. The van der Waals surface area contributed by atoms with E-state index in [9.17, 15) is 4.79 Å². The molecule has 0 saturated heterocycles. The molecule has 116 valence electrons. The first-order valence-corrected chi connectivity index (χ1v) is 7.05. The minimum Gasteiger partial charge on any atom is -0.465 e. The van der Waals surface area contributed by atoms with E-state index < -0.39 is 5.97 Å². The van der Waals surface area contributed by atoms with Crippen molar-refractivity contribution in [2.24, 2.45) is 0 Å². The van der Waals surface area contributed by atoms with Crippen LogP contribution in [-0.2, 0) is 16.1 Å². The van der Waals surface area contributed by atoms with E-state index in [0.29, 0.717) is 16.7 Å². The van der Waals surface area contributed by atoms with Gasteiger partial charge in [0.1, 0.15) is 5.76 Å². The molecule has 0 spiro atoms. The predicted molar refractivity (Wildman–Crippen MR) is 82.3 cm³/mol. The van der Waals surface area contributed by atoms with Gasteiger partial charge in [0.15, 0.2) is 6.61 Å². The van der Waals surface area contributed by atoms with Crippen LogP contribution in [0.5, 0.6) is 0 Å².